The normalized spacial score (nSPS) is 12.5. The molecule has 0 saturated heterocycles. The van der Waals surface area contributed by atoms with Crippen LogP contribution in [0.2, 0.25) is 0 Å². The van der Waals surface area contributed by atoms with Gasteiger partial charge in [0, 0.05) is 38.2 Å². The average Bonchev–Trinajstić information content (AvgIpc) is 3.56. The Morgan fingerprint density at radius 3 is 1.89 bits per heavy atom. The second kappa shape index (κ2) is 25.3. The van der Waals surface area contributed by atoms with Crippen molar-refractivity contribution in [3.63, 3.8) is 0 Å². The predicted molar refractivity (Wildman–Crippen MR) is 228 cm³/mol. The molecule has 1 aliphatic rings. The number of nitrogens with two attached hydrogens (primary N) is 2. The molecular formula is C43H55F3N8O10. The summed E-state index contributed by atoms with van der Waals surface area (Å²) in [5, 5.41) is 15.2. The van der Waals surface area contributed by atoms with E-state index in [-0.39, 0.29) is 56.8 Å². The number of carbonyl (C=O) groups is 7. The zero-order valence-electron chi connectivity index (χ0n) is 35.7. The molecule has 3 aromatic rings. The monoisotopic (exact) mass is 900 g/mol. The van der Waals surface area contributed by atoms with Gasteiger partial charge in [0.05, 0.1) is 0 Å². The Balaban J connectivity index is 0.00000143. The zero-order chi connectivity index (χ0) is 47.4. The number of carbonyl (C=O) groups excluding carboxylic acids is 6. The standard InChI is InChI=1S/C41H54N8O8.C2HF3O2/c1-26(2)36(38(52)49(34(37(42)51)16-11-23-45-39(43)53)28-20-18-27(19-21-28)24-56-41(55)48-44-3)47-35(50)17-5-4-10-22-46-40(54)57-25-33-31-14-8-6-12-29(31)30-13-7-9-15-32(30)33;3-2(4,5)1(6)7/h6-9,12-15,18-21,26,33-34,36,44H,4-5,10-11,16-17,22-25H2,1-3H3,(H2,42,51)(H,46,54)(H,47,50)(H,48,55)(H3,43,45,53);(H,6,7)/t34-,36-;/m0./s1. The van der Waals surface area contributed by atoms with E-state index in [1.165, 1.54) is 11.9 Å². The molecule has 0 heterocycles. The van der Waals surface area contributed by atoms with E-state index in [0.29, 0.717) is 37.1 Å². The van der Waals surface area contributed by atoms with E-state index in [0.717, 1.165) is 22.3 Å². The lowest BCUT2D eigenvalue weighted by Crippen LogP contribution is -2.57. The molecule has 0 bridgehead atoms. The highest BCUT2D eigenvalue weighted by Gasteiger charge is 2.38. The summed E-state index contributed by atoms with van der Waals surface area (Å²) in [7, 11) is 1.52. The molecule has 0 unspecified atom stereocenters. The quantitative estimate of drug-likeness (QED) is 0.0542. The number of urea groups is 1. The summed E-state index contributed by atoms with van der Waals surface area (Å²) < 4.78 is 42.5. The molecule has 7 amide bonds. The number of amides is 7. The van der Waals surface area contributed by atoms with Gasteiger partial charge in [0.1, 0.15) is 25.3 Å². The van der Waals surface area contributed by atoms with Crippen LogP contribution in [-0.2, 0) is 35.3 Å². The van der Waals surface area contributed by atoms with Crippen molar-refractivity contribution >= 4 is 47.6 Å². The first kappa shape index (κ1) is 51.5. The number of nitrogens with one attached hydrogen (secondary N) is 5. The Labute approximate surface area is 367 Å². The van der Waals surface area contributed by atoms with Gasteiger partial charge in [0.2, 0.25) is 11.8 Å². The molecule has 3 aromatic carbocycles. The van der Waals surface area contributed by atoms with Crippen molar-refractivity contribution in [2.75, 3.05) is 31.6 Å². The van der Waals surface area contributed by atoms with Crippen LogP contribution >= 0.6 is 0 Å². The van der Waals surface area contributed by atoms with Crippen LogP contribution in [0.5, 0.6) is 0 Å². The number of alkyl carbamates (subject to hydrolysis) is 1. The lowest BCUT2D eigenvalue weighted by molar-refractivity contribution is -0.192. The van der Waals surface area contributed by atoms with Crippen LogP contribution in [0.1, 0.15) is 75.0 Å². The van der Waals surface area contributed by atoms with E-state index in [9.17, 15) is 41.9 Å². The van der Waals surface area contributed by atoms with Crippen molar-refractivity contribution in [3.8, 4) is 11.1 Å². The smallest absolute Gasteiger partial charge is 0.475 e. The van der Waals surface area contributed by atoms with Gasteiger partial charge in [-0.1, -0.05) is 80.9 Å². The lowest BCUT2D eigenvalue weighted by atomic mass is 9.98. The first-order valence-corrected chi connectivity index (χ1v) is 20.4. The minimum Gasteiger partial charge on any atom is -0.475 e. The number of unbranched alkanes of at least 4 members (excludes halogenated alkanes) is 2. The van der Waals surface area contributed by atoms with E-state index in [4.69, 9.17) is 30.8 Å². The summed E-state index contributed by atoms with van der Waals surface area (Å²) in [6.45, 7) is 4.24. The topological polar surface area (TPSA) is 274 Å². The van der Waals surface area contributed by atoms with Crippen molar-refractivity contribution in [3.05, 3.63) is 89.5 Å². The van der Waals surface area contributed by atoms with Gasteiger partial charge in [-0.05, 0) is 71.6 Å². The van der Waals surface area contributed by atoms with E-state index < -0.39 is 54.3 Å². The molecule has 10 N–H and O–H groups in total. The third-order valence-electron chi connectivity index (χ3n) is 9.83. The third kappa shape index (κ3) is 16.1. The fourth-order valence-corrected chi connectivity index (χ4v) is 6.74. The van der Waals surface area contributed by atoms with Gasteiger partial charge >= 0.3 is 30.4 Å². The maximum Gasteiger partial charge on any atom is 0.490 e. The molecule has 2 atom stereocenters. The SMILES string of the molecule is CNNC(=O)OCc1ccc(N(C(=O)[C@@H](NC(=O)CCCCCNC(=O)OCC2c3ccccc3-c3ccccc32)C(C)C)[C@@H](CCCNC(N)=O)C(N)=O)cc1.O=C(O)C(F)(F)F. The fourth-order valence-electron chi connectivity index (χ4n) is 6.74. The van der Waals surface area contributed by atoms with Crippen LogP contribution in [0, 0.1) is 5.92 Å². The van der Waals surface area contributed by atoms with Crippen LogP contribution < -0.4 is 43.2 Å². The van der Waals surface area contributed by atoms with E-state index in [2.05, 4.69) is 51.1 Å². The summed E-state index contributed by atoms with van der Waals surface area (Å²) in [5.41, 5.74) is 21.3. The molecule has 18 nitrogen and oxygen atoms in total. The summed E-state index contributed by atoms with van der Waals surface area (Å²) in [5.74, 6) is -4.83. The van der Waals surface area contributed by atoms with E-state index >= 15 is 0 Å². The van der Waals surface area contributed by atoms with Gasteiger partial charge < -0.3 is 42.0 Å². The first-order valence-electron chi connectivity index (χ1n) is 20.4. The molecule has 64 heavy (non-hydrogen) atoms. The summed E-state index contributed by atoms with van der Waals surface area (Å²) in [6, 6.07) is 19.9. The minimum atomic E-state index is -5.08. The molecule has 0 fully saturated rings. The molecule has 21 heteroatoms. The predicted octanol–water partition coefficient (Wildman–Crippen LogP) is 4.56. The largest absolute Gasteiger partial charge is 0.490 e. The van der Waals surface area contributed by atoms with Crippen molar-refractivity contribution in [2.45, 2.75) is 83.2 Å². The number of alkyl halides is 3. The van der Waals surface area contributed by atoms with Gasteiger partial charge in [-0.2, -0.15) is 13.2 Å². The highest BCUT2D eigenvalue weighted by molar-refractivity contribution is 6.04. The summed E-state index contributed by atoms with van der Waals surface area (Å²) >= 11 is 0. The van der Waals surface area contributed by atoms with Crippen molar-refractivity contribution in [1.82, 2.24) is 26.8 Å². The number of hydrazine groups is 1. The van der Waals surface area contributed by atoms with Gasteiger partial charge in [-0.3, -0.25) is 24.7 Å². The van der Waals surface area contributed by atoms with Gasteiger partial charge in [-0.15, -0.1) is 0 Å². The Kier molecular flexibility index (Phi) is 20.3. The van der Waals surface area contributed by atoms with Crippen LogP contribution in [0.4, 0.5) is 33.2 Å². The second-order valence-corrected chi connectivity index (χ2v) is 14.8. The Morgan fingerprint density at radius 1 is 0.781 bits per heavy atom. The van der Waals surface area contributed by atoms with Gasteiger partial charge in [-0.25, -0.2) is 24.6 Å². The number of hydrogen-bond acceptors (Lipinski definition) is 10. The average molecular weight is 901 g/mol. The number of carboxylic acids is 1. The molecule has 1 aliphatic carbocycles. The Hall–Kier alpha value is -6.90. The van der Waals surface area contributed by atoms with Crippen molar-refractivity contribution in [1.29, 1.82) is 0 Å². The number of benzene rings is 3. The molecule has 0 saturated carbocycles. The highest BCUT2D eigenvalue weighted by Crippen LogP contribution is 2.44. The molecule has 0 spiro atoms. The maximum atomic E-state index is 14.3. The Bertz CT molecular complexity index is 2020. The number of anilines is 1. The van der Waals surface area contributed by atoms with Crippen molar-refractivity contribution < 1.29 is 61.3 Å². The molecular weight excluding hydrogens is 846 g/mol. The molecule has 348 valence electrons. The number of fused-ring (bicyclic) bond motifs is 3. The fraction of sp³-hybridized carbons (Fsp3) is 0.419. The molecule has 4 rings (SSSR count). The van der Waals surface area contributed by atoms with E-state index in [1.807, 2.05) is 24.3 Å². The molecule has 0 radical (unpaired) electrons. The first-order chi connectivity index (χ1) is 30.3. The maximum absolute atomic E-state index is 14.3. The van der Waals surface area contributed by atoms with Crippen molar-refractivity contribution in [2.24, 2.45) is 17.4 Å². The minimum absolute atomic E-state index is 0.0348. The van der Waals surface area contributed by atoms with Crippen LogP contribution in [0.15, 0.2) is 72.8 Å². The number of aliphatic carboxylic acids is 1. The second-order valence-electron chi connectivity index (χ2n) is 14.8. The molecule has 0 aromatic heterocycles. The molecule has 0 aliphatic heterocycles. The number of ether oxygens (including phenoxy) is 2. The summed E-state index contributed by atoms with van der Waals surface area (Å²) in [4.78, 5) is 85.9. The lowest BCUT2D eigenvalue weighted by Gasteiger charge is -2.34. The number of carboxylic acid groups (broad SMARTS) is 1. The van der Waals surface area contributed by atoms with Crippen LogP contribution in [-0.4, -0.2) is 92.0 Å². The van der Waals surface area contributed by atoms with E-state index in [1.54, 1.807) is 38.1 Å². The summed E-state index contributed by atoms with van der Waals surface area (Å²) in [6.07, 6.45) is -4.00. The third-order valence-corrected chi connectivity index (χ3v) is 9.83. The number of nitrogens with zero attached hydrogens (tertiary/aromatic N) is 1. The Morgan fingerprint density at radius 2 is 1.36 bits per heavy atom. The zero-order valence-corrected chi connectivity index (χ0v) is 35.7. The van der Waals surface area contributed by atoms with Crippen LogP contribution in [0.3, 0.4) is 0 Å². The van der Waals surface area contributed by atoms with Crippen LogP contribution in [0.25, 0.3) is 11.1 Å². The van der Waals surface area contributed by atoms with Gasteiger partial charge in [0.15, 0.2) is 0 Å². The number of halogens is 3. The number of hydrogen-bond donors (Lipinski definition) is 8. The highest BCUT2D eigenvalue weighted by atomic mass is 19.4. The number of rotatable bonds is 21. The van der Waals surface area contributed by atoms with Gasteiger partial charge in [0.25, 0.3) is 5.91 Å². The number of primary amides is 2.